The monoisotopic (exact) mass is 255 g/mol. The minimum absolute atomic E-state index is 0.0382. The molecule has 0 spiro atoms. The van der Waals surface area contributed by atoms with Crippen LogP contribution in [-0.4, -0.2) is 42.3 Å². The Morgan fingerprint density at radius 1 is 1.33 bits per heavy atom. The molecule has 0 aliphatic carbocycles. The summed E-state index contributed by atoms with van der Waals surface area (Å²) in [6.45, 7) is 4.51. The van der Waals surface area contributed by atoms with E-state index in [1.54, 1.807) is 0 Å². The first kappa shape index (κ1) is 14.6. The molecule has 0 aromatic rings. The molecule has 102 valence electrons. The molecule has 1 aliphatic rings. The summed E-state index contributed by atoms with van der Waals surface area (Å²) in [5.41, 5.74) is 5.64. The zero-order valence-corrected chi connectivity index (χ0v) is 10.9. The Hall–Kier alpha value is -1.43. The van der Waals surface area contributed by atoms with Crippen molar-refractivity contribution in [1.82, 2.24) is 10.2 Å². The lowest BCUT2D eigenvalue weighted by Gasteiger charge is -2.27. The Kier molecular flexibility index (Phi) is 5.27. The molecule has 1 rings (SSSR count). The predicted molar refractivity (Wildman–Crippen MR) is 66.3 cm³/mol. The van der Waals surface area contributed by atoms with E-state index in [9.17, 15) is 14.4 Å². The molecule has 1 saturated heterocycles. The van der Waals surface area contributed by atoms with Gasteiger partial charge in [-0.2, -0.15) is 0 Å². The van der Waals surface area contributed by atoms with Crippen molar-refractivity contribution in [3.8, 4) is 0 Å². The quantitative estimate of drug-likeness (QED) is 0.647. The Balaban J connectivity index is 2.52. The number of amides is 3. The summed E-state index contributed by atoms with van der Waals surface area (Å²) < 4.78 is 0. The number of hydrogen-bond acceptors (Lipinski definition) is 4. The lowest BCUT2D eigenvalue weighted by Crippen LogP contribution is -2.53. The van der Waals surface area contributed by atoms with Gasteiger partial charge in [-0.25, -0.2) is 0 Å². The van der Waals surface area contributed by atoms with Gasteiger partial charge in [0, 0.05) is 6.42 Å². The fourth-order valence-electron chi connectivity index (χ4n) is 2.12. The van der Waals surface area contributed by atoms with Gasteiger partial charge in [0.25, 0.3) is 0 Å². The first-order valence-electron chi connectivity index (χ1n) is 6.23. The van der Waals surface area contributed by atoms with E-state index in [1.807, 2.05) is 0 Å². The topological polar surface area (TPSA) is 92.5 Å². The maximum absolute atomic E-state index is 12.0. The van der Waals surface area contributed by atoms with Gasteiger partial charge in [-0.1, -0.05) is 13.8 Å². The summed E-state index contributed by atoms with van der Waals surface area (Å²) in [6, 6.07) is 0. The van der Waals surface area contributed by atoms with Crippen LogP contribution in [0, 0.1) is 11.8 Å². The predicted octanol–water partition coefficient (Wildman–Crippen LogP) is -0.517. The Morgan fingerprint density at radius 2 is 1.89 bits per heavy atom. The molecule has 6 nitrogen and oxygen atoms in total. The average molecular weight is 255 g/mol. The normalized spacial score (nSPS) is 17.9. The van der Waals surface area contributed by atoms with E-state index < -0.39 is 11.8 Å². The second-order valence-electron chi connectivity index (χ2n) is 5.16. The summed E-state index contributed by atoms with van der Waals surface area (Å²) in [5, 5.41) is 2.17. The number of hydrogen-bond donors (Lipinski definition) is 2. The van der Waals surface area contributed by atoms with E-state index in [0.717, 1.165) is 6.42 Å². The first-order valence-corrected chi connectivity index (χ1v) is 6.23. The van der Waals surface area contributed by atoms with Gasteiger partial charge in [-0.3, -0.25) is 19.7 Å². The van der Waals surface area contributed by atoms with Gasteiger partial charge in [-0.05, 0) is 24.8 Å². The molecule has 6 heteroatoms. The highest BCUT2D eigenvalue weighted by Gasteiger charge is 2.27. The van der Waals surface area contributed by atoms with Crippen LogP contribution < -0.4 is 11.1 Å². The van der Waals surface area contributed by atoms with E-state index >= 15 is 0 Å². The molecular weight excluding hydrogens is 234 g/mol. The number of carbonyl (C=O) groups excluding carboxylic acids is 3. The summed E-state index contributed by atoms with van der Waals surface area (Å²) in [5.74, 6) is -0.440. The highest BCUT2D eigenvalue weighted by Crippen LogP contribution is 2.15. The Bertz CT molecular complexity index is 325. The van der Waals surface area contributed by atoms with E-state index in [4.69, 9.17) is 5.73 Å². The van der Waals surface area contributed by atoms with Gasteiger partial charge in [-0.15, -0.1) is 0 Å². The third-order valence-corrected chi connectivity index (χ3v) is 2.90. The molecule has 0 radical (unpaired) electrons. The van der Waals surface area contributed by atoms with Crippen LogP contribution in [-0.2, 0) is 14.4 Å². The molecule has 0 saturated carbocycles. The molecule has 0 aromatic heterocycles. The molecule has 0 bridgehead atoms. The van der Waals surface area contributed by atoms with Crippen molar-refractivity contribution in [3.63, 3.8) is 0 Å². The molecule has 1 atom stereocenters. The van der Waals surface area contributed by atoms with Gasteiger partial charge in [0.05, 0.1) is 0 Å². The van der Waals surface area contributed by atoms with Gasteiger partial charge < -0.3 is 10.6 Å². The fraction of sp³-hybridized carbons (Fsp3) is 0.750. The van der Waals surface area contributed by atoms with Crippen molar-refractivity contribution in [2.75, 3.05) is 19.6 Å². The molecule has 1 unspecified atom stereocenters. The van der Waals surface area contributed by atoms with Gasteiger partial charge >= 0.3 is 0 Å². The second kappa shape index (κ2) is 6.49. The number of nitrogens with one attached hydrogen (secondary N) is 1. The van der Waals surface area contributed by atoms with Crippen LogP contribution in [0.15, 0.2) is 0 Å². The van der Waals surface area contributed by atoms with Gasteiger partial charge in [0.2, 0.25) is 17.7 Å². The van der Waals surface area contributed by atoms with E-state index in [2.05, 4.69) is 19.2 Å². The lowest BCUT2D eigenvalue weighted by atomic mass is 9.93. The molecule has 1 fully saturated rings. The van der Waals surface area contributed by atoms with E-state index in [0.29, 0.717) is 18.9 Å². The van der Waals surface area contributed by atoms with Crippen molar-refractivity contribution in [2.24, 2.45) is 17.6 Å². The fourth-order valence-corrected chi connectivity index (χ4v) is 2.12. The van der Waals surface area contributed by atoms with Gasteiger partial charge in [0.1, 0.15) is 13.1 Å². The number of imide groups is 1. The molecule has 3 N–H and O–H groups in total. The third-order valence-electron chi connectivity index (χ3n) is 2.90. The average Bonchev–Trinajstić information content (AvgIpc) is 2.26. The summed E-state index contributed by atoms with van der Waals surface area (Å²) in [6.07, 6.45) is 1.17. The molecule has 18 heavy (non-hydrogen) atoms. The van der Waals surface area contributed by atoms with Crippen LogP contribution in [0.4, 0.5) is 0 Å². The Morgan fingerprint density at radius 3 is 2.33 bits per heavy atom. The second-order valence-corrected chi connectivity index (χ2v) is 5.16. The first-order chi connectivity index (χ1) is 8.42. The van der Waals surface area contributed by atoms with Crippen LogP contribution in [0.25, 0.3) is 0 Å². The van der Waals surface area contributed by atoms with Crippen molar-refractivity contribution in [1.29, 1.82) is 0 Å². The number of nitrogens with zero attached hydrogens (tertiary/aromatic N) is 1. The van der Waals surface area contributed by atoms with Crippen LogP contribution in [0.2, 0.25) is 0 Å². The van der Waals surface area contributed by atoms with Crippen LogP contribution in [0.1, 0.15) is 26.7 Å². The molecular formula is C12H21N3O3. The molecule has 1 aliphatic heterocycles. The number of piperazine rings is 1. The van der Waals surface area contributed by atoms with Gasteiger partial charge in [0.15, 0.2) is 0 Å². The van der Waals surface area contributed by atoms with E-state index in [1.165, 1.54) is 4.90 Å². The summed E-state index contributed by atoms with van der Waals surface area (Å²) in [4.78, 5) is 35.6. The van der Waals surface area contributed by atoms with Crippen molar-refractivity contribution in [3.05, 3.63) is 0 Å². The van der Waals surface area contributed by atoms with Crippen LogP contribution in [0.5, 0.6) is 0 Å². The molecule has 3 amide bonds. The Labute approximate surface area is 107 Å². The number of rotatable bonds is 5. The SMILES string of the molecule is CC(C)CC(CN)CC(=O)N1CC(=O)NC(=O)C1. The maximum Gasteiger partial charge on any atom is 0.246 e. The lowest BCUT2D eigenvalue weighted by molar-refractivity contribution is -0.145. The molecule has 1 heterocycles. The largest absolute Gasteiger partial charge is 0.330 e. The number of carbonyl (C=O) groups is 3. The minimum Gasteiger partial charge on any atom is -0.330 e. The maximum atomic E-state index is 12.0. The van der Waals surface area contributed by atoms with Crippen LogP contribution >= 0.6 is 0 Å². The number of nitrogens with two attached hydrogens (primary N) is 1. The van der Waals surface area contributed by atoms with Crippen molar-refractivity contribution >= 4 is 17.7 Å². The highest BCUT2D eigenvalue weighted by atomic mass is 16.2. The molecule has 0 aromatic carbocycles. The summed E-state index contributed by atoms with van der Waals surface area (Å²) in [7, 11) is 0. The zero-order chi connectivity index (χ0) is 13.7. The van der Waals surface area contributed by atoms with Crippen molar-refractivity contribution in [2.45, 2.75) is 26.7 Å². The smallest absolute Gasteiger partial charge is 0.246 e. The van der Waals surface area contributed by atoms with Crippen molar-refractivity contribution < 1.29 is 14.4 Å². The zero-order valence-electron chi connectivity index (χ0n) is 10.9. The highest BCUT2D eigenvalue weighted by molar-refractivity contribution is 6.02. The summed E-state index contributed by atoms with van der Waals surface area (Å²) >= 11 is 0. The third kappa shape index (κ3) is 4.44. The van der Waals surface area contributed by atoms with Crippen LogP contribution in [0.3, 0.4) is 0 Å². The minimum atomic E-state index is -0.423. The standard InChI is InChI=1S/C12H21N3O3/c1-8(2)3-9(5-13)4-12(18)15-6-10(16)14-11(17)7-15/h8-9H,3-7,13H2,1-2H3,(H,14,16,17). The van der Waals surface area contributed by atoms with E-state index in [-0.39, 0.29) is 24.9 Å².